The topological polar surface area (TPSA) is 38.1 Å². The van der Waals surface area contributed by atoms with Crippen LogP contribution in [0, 0.1) is 0 Å². The monoisotopic (exact) mass is 353 g/mol. The van der Waals surface area contributed by atoms with Gasteiger partial charge in [0, 0.05) is 23.5 Å². The molecule has 4 heteroatoms. The summed E-state index contributed by atoms with van der Waals surface area (Å²) in [6.07, 6.45) is 3.83. The number of aromatic nitrogens is 2. The zero-order valence-electron chi connectivity index (χ0n) is 14.9. The van der Waals surface area contributed by atoms with E-state index >= 15 is 0 Å². The summed E-state index contributed by atoms with van der Waals surface area (Å²) < 4.78 is 2.04. The third-order valence-corrected chi connectivity index (χ3v) is 5.18. The van der Waals surface area contributed by atoms with Crippen LogP contribution in [0.25, 0.3) is 16.7 Å². The van der Waals surface area contributed by atoms with E-state index in [-0.39, 0.29) is 5.91 Å². The Morgan fingerprint density at radius 1 is 0.926 bits per heavy atom. The van der Waals surface area contributed by atoms with Crippen molar-refractivity contribution in [2.24, 2.45) is 0 Å². The highest BCUT2D eigenvalue weighted by Crippen LogP contribution is 2.29. The number of para-hydroxylation sites is 2. The molecule has 0 unspecified atom stereocenters. The number of fused-ring (bicyclic) bond motifs is 2. The Balaban J connectivity index is 1.52. The summed E-state index contributed by atoms with van der Waals surface area (Å²) in [5, 5.41) is 0. The van der Waals surface area contributed by atoms with Crippen LogP contribution in [0.5, 0.6) is 0 Å². The lowest BCUT2D eigenvalue weighted by atomic mass is 10.0. The van der Waals surface area contributed by atoms with Crippen molar-refractivity contribution in [2.45, 2.75) is 12.8 Å². The van der Waals surface area contributed by atoms with Crippen molar-refractivity contribution in [3.63, 3.8) is 0 Å². The molecule has 27 heavy (non-hydrogen) atoms. The number of nitrogens with zero attached hydrogens (tertiary/aromatic N) is 3. The second-order valence-corrected chi connectivity index (χ2v) is 6.84. The second kappa shape index (κ2) is 6.40. The summed E-state index contributed by atoms with van der Waals surface area (Å²) in [5.74, 6) is 0.0401. The number of rotatable bonds is 2. The van der Waals surface area contributed by atoms with Gasteiger partial charge in [0.2, 0.25) is 0 Å². The van der Waals surface area contributed by atoms with Gasteiger partial charge in [-0.05, 0) is 54.8 Å². The molecule has 132 valence electrons. The van der Waals surface area contributed by atoms with E-state index < -0.39 is 0 Å². The predicted octanol–water partition coefficient (Wildman–Crippen LogP) is 4.62. The molecule has 1 aliphatic heterocycles. The number of benzene rings is 3. The molecule has 3 aromatic carbocycles. The summed E-state index contributed by atoms with van der Waals surface area (Å²) in [5.41, 5.74) is 5.84. The fourth-order valence-corrected chi connectivity index (χ4v) is 3.84. The quantitative estimate of drug-likeness (QED) is 0.527. The van der Waals surface area contributed by atoms with Gasteiger partial charge in [-0.25, -0.2) is 4.98 Å². The van der Waals surface area contributed by atoms with Crippen LogP contribution in [-0.2, 0) is 6.42 Å². The lowest BCUT2D eigenvalue weighted by Crippen LogP contribution is -2.35. The molecule has 0 fully saturated rings. The lowest BCUT2D eigenvalue weighted by molar-refractivity contribution is 0.0985. The fraction of sp³-hybridized carbons (Fsp3) is 0.130. The molecule has 4 nitrogen and oxygen atoms in total. The first-order valence-corrected chi connectivity index (χ1v) is 9.23. The summed E-state index contributed by atoms with van der Waals surface area (Å²) in [6.45, 7) is 0.756. The van der Waals surface area contributed by atoms with Crippen molar-refractivity contribution in [3.05, 3.63) is 90.3 Å². The smallest absolute Gasteiger partial charge is 0.258 e. The van der Waals surface area contributed by atoms with E-state index in [1.165, 1.54) is 5.56 Å². The molecule has 0 aliphatic carbocycles. The molecule has 0 bridgehead atoms. The van der Waals surface area contributed by atoms with Gasteiger partial charge >= 0.3 is 0 Å². The number of carbonyl (C=O) groups excluding carboxylic acids is 1. The van der Waals surface area contributed by atoms with Crippen LogP contribution in [0.4, 0.5) is 5.69 Å². The summed E-state index contributed by atoms with van der Waals surface area (Å²) in [7, 11) is 0. The third kappa shape index (κ3) is 2.70. The Bertz CT molecular complexity index is 1130. The Kier molecular flexibility index (Phi) is 3.75. The summed E-state index contributed by atoms with van der Waals surface area (Å²) >= 11 is 0. The number of carbonyl (C=O) groups is 1. The van der Waals surface area contributed by atoms with E-state index in [0.29, 0.717) is 5.56 Å². The largest absolute Gasteiger partial charge is 0.308 e. The molecule has 0 atom stereocenters. The van der Waals surface area contributed by atoms with Gasteiger partial charge in [0.05, 0.1) is 11.0 Å². The number of amides is 1. The number of anilines is 1. The molecule has 0 saturated carbocycles. The maximum absolute atomic E-state index is 13.2. The molecule has 2 heterocycles. The van der Waals surface area contributed by atoms with Crippen LogP contribution in [0.2, 0.25) is 0 Å². The Morgan fingerprint density at radius 2 is 1.74 bits per heavy atom. The predicted molar refractivity (Wildman–Crippen MR) is 108 cm³/mol. The van der Waals surface area contributed by atoms with E-state index in [9.17, 15) is 4.79 Å². The molecule has 0 saturated heterocycles. The zero-order valence-corrected chi connectivity index (χ0v) is 14.9. The first kappa shape index (κ1) is 15.8. The molecule has 5 rings (SSSR count). The molecule has 0 N–H and O–H groups in total. The number of hydrogen-bond donors (Lipinski definition) is 0. The van der Waals surface area contributed by atoms with Crippen LogP contribution >= 0.6 is 0 Å². The van der Waals surface area contributed by atoms with Crippen LogP contribution in [0.3, 0.4) is 0 Å². The molecule has 0 radical (unpaired) electrons. The minimum atomic E-state index is 0.0401. The number of imidazole rings is 1. The van der Waals surface area contributed by atoms with Gasteiger partial charge in [0.25, 0.3) is 5.91 Å². The molecule has 1 aliphatic rings. The third-order valence-electron chi connectivity index (χ3n) is 5.18. The van der Waals surface area contributed by atoms with Gasteiger partial charge in [0.15, 0.2) is 0 Å². The average Bonchev–Trinajstić information content (AvgIpc) is 3.17. The molecule has 0 spiro atoms. The standard InChI is InChI=1S/C23H19N3O/c27-23(25-14-6-8-17-7-4-5-11-21(17)25)18-12-13-22-20(15-18)24-16-26(22)19-9-2-1-3-10-19/h1-5,7,9-13,15-16H,6,8,14H2. The van der Waals surface area contributed by atoms with Crippen molar-refractivity contribution in [1.82, 2.24) is 9.55 Å². The van der Waals surface area contributed by atoms with Crippen LogP contribution < -0.4 is 4.90 Å². The Hall–Kier alpha value is -3.40. The van der Waals surface area contributed by atoms with Gasteiger partial charge in [-0.1, -0.05) is 36.4 Å². The normalized spacial score (nSPS) is 13.6. The van der Waals surface area contributed by atoms with E-state index in [1.807, 2.05) is 82.5 Å². The maximum Gasteiger partial charge on any atom is 0.258 e. The molecule has 1 amide bonds. The zero-order chi connectivity index (χ0) is 18.2. The van der Waals surface area contributed by atoms with Crippen LogP contribution in [-0.4, -0.2) is 22.0 Å². The number of hydrogen-bond acceptors (Lipinski definition) is 2. The van der Waals surface area contributed by atoms with Crippen molar-refractivity contribution in [1.29, 1.82) is 0 Å². The fourth-order valence-electron chi connectivity index (χ4n) is 3.84. The van der Waals surface area contributed by atoms with Crippen LogP contribution in [0.15, 0.2) is 79.1 Å². The van der Waals surface area contributed by atoms with Gasteiger partial charge in [-0.3, -0.25) is 9.36 Å². The SMILES string of the molecule is O=C(c1ccc2c(c1)ncn2-c1ccccc1)N1CCCc2ccccc21. The first-order valence-electron chi connectivity index (χ1n) is 9.23. The van der Waals surface area contributed by atoms with Crippen molar-refractivity contribution in [3.8, 4) is 5.69 Å². The minimum Gasteiger partial charge on any atom is -0.308 e. The average molecular weight is 353 g/mol. The van der Waals surface area contributed by atoms with Gasteiger partial charge in [-0.15, -0.1) is 0 Å². The highest BCUT2D eigenvalue weighted by molar-refractivity contribution is 6.08. The lowest BCUT2D eigenvalue weighted by Gasteiger charge is -2.29. The summed E-state index contributed by atoms with van der Waals surface area (Å²) in [4.78, 5) is 19.6. The Labute approximate surface area is 157 Å². The maximum atomic E-state index is 13.2. The molecular formula is C23H19N3O. The van der Waals surface area contributed by atoms with E-state index in [4.69, 9.17) is 0 Å². The molecule has 4 aromatic rings. The van der Waals surface area contributed by atoms with Crippen molar-refractivity contribution >= 4 is 22.6 Å². The van der Waals surface area contributed by atoms with Gasteiger partial charge in [-0.2, -0.15) is 0 Å². The first-order chi connectivity index (χ1) is 13.3. The van der Waals surface area contributed by atoms with Gasteiger partial charge < -0.3 is 4.90 Å². The van der Waals surface area contributed by atoms with Gasteiger partial charge in [0.1, 0.15) is 6.33 Å². The molecular weight excluding hydrogens is 334 g/mol. The second-order valence-electron chi connectivity index (χ2n) is 6.84. The molecule has 1 aromatic heterocycles. The summed E-state index contributed by atoms with van der Waals surface area (Å²) in [6, 6.07) is 24.1. The van der Waals surface area contributed by atoms with E-state index in [2.05, 4.69) is 11.1 Å². The Morgan fingerprint density at radius 3 is 2.63 bits per heavy atom. The van der Waals surface area contributed by atoms with Crippen LogP contribution in [0.1, 0.15) is 22.3 Å². The number of aryl methyl sites for hydroxylation is 1. The minimum absolute atomic E-state index is 0.0401. The van der Waals surface area contributed by atoms with E-state index in [1.54, 1.807) is 0 Å². The highest BCUT2D eigenvalue weighted by atomic mass is 16.2. The van der Waals surface area contributed by atoms with E-state index in [0.717, 1.165) is 41.8 Å². The van der Waals surface area contributed by atoms with Crippen molar-refractivity contribution < 1.29 is 4.79 Å². The highest BCUT2D eigenvalue weighted by Gasteiger charge is 2.23. The van der Waals surface area contributed by atoms with Crippen molar-refractivity contribution in [2.75, 3.05) is 11.4 Å².